The van der Waals surface area contributed by atoms with Gasteiger partial charge >= 0.3 is 0 Å². The van der Waals surface area contributed by atoms with Gasteiger partial charge in [0.1, 0.15) is 0 Å². The molecule has 0 aliphatic carbocycles. The van der Waals surface area contributed by atoms with Crippen LogP contribution in [0.15, 0.2) is 30.4 Å². The van der Waals surface area contributed by atoms with E-state index < -0.39 is 0 Å². The summed E-state index contributed by atoms with van der Waals surface area (Å²) in [5, 5.41) is 0. The molecule has 0 N–H and O–H groups in total. The van der Waals surface area contributed by atoms with E-state index >= 15 is 0 Å². The Morgan fingerprint density at radius 1 is 1.11 bits per heavy atom. The first-order chi connectivity index (χ1) is 8.95. The zero-order chi connectivity index (χ0) is 14.5. The maximum atomic E-state index is 4.18. The third-order valence-electron chi connectivity index (χ3n) is 4.06. The van der Waals surface area contributed by atoms with E-state index in [1.807, 2.05) is 0 Å². The van der Waals surface area contributed by atoms with Crippen molar-refractivity contribution in [2.45, 2.75) is 72.1 Å². The Kier molecular flexibility index (Phi) is 5.85. The monoisotopic (exact) mass is 258 g/mol. The Hall–Kier alpha value is -1.04. The average Bonchev–Trinajstić information content (AvgIpc) is 2.32. The zero-order valence-corrected chi connectivity index (χ0v) is 13.5. The third-order valence-corrected chi connectivity index (χ3v) is 4.06. The van der Waals surface area contributed by atoms with E-state index in [1.54, 1.807) is 5.56 Å². The van der Waals surface area contributed by atoms with Gasteiger partial charge in [-0.1, -0.05) is 56.0 Å². The molecule has 0 bridgehead atoms. The molecule has 0 heterocycles. The fraction of sp³-hybridized carbons (Fsp3) is 0.579. The van der Waals surface area contributed by atoms with E-state index in [1.165, 1.54) is 42.4 Å². The predicted octanol–water partition coefficient (Wildman–Crippen LogP) is 6.11. The van der Waals surface area contributed by atoms with E-state index in [2.05, 4.69) is 59.4 Å². The van der Waals surface area contributed by atoms with Crippen LogP contribution in [0.2, 0.25) is 0 Å². The third kappa shape index (κ3) is 3.96. The lowest BCUT2D eigenvalue weighted by Crippen LogP contribution is -2.27. The first-order valence-corrected chi connectivity index (χ1v) is 7.67. The summed E-state index contributed by atoms with van der Waals surface area (Å²) in [5.41, 5.74) is 5.97. The van der Waals surface area contributed by atoms with E-state index in [9.17, 15) is 0 Å². The number of hydrogen-bond donors (Lipinski definition) is 0. The second-order valence-corrected chi connectivity index (χ2v) is 6.23. The normalized spacial score (nSPS) is 11.6. The fourth-order valence-electron chi connectivity index (χ4n) is 3.51. The van der Waals surface area contributed by atoms with Crippen LogP contribution in [0, 0.1) is 13.8 Å². The molecule has 0 amide bonds. The van der Waals surface area contributed by atoms with Crippen LogP contribution >= 0.6 is 0 Å². The highest BCUT2D eigenvalue weighted by Crippen LogP contribution is 2.41. The molecule has 0 unspecified atom stereocenters. The lowest BCUT2D eigenvalue weighted by Gasteiger charge is -2.36. The Balaban J connectivity index is 3.33. The van der Waals surface area contributed by atoms with E-state index in [0.717, 1.165) is 6.42 Å². The van der Waals surface area contributed by atoms with Crippen molar-refractivity contribution >= 4 is 0 Å². The SMILES string of the molecule is C=C(C)CC(CCC)(CCC)c1cc(C)ccc1C. The molecule has 0 nitrogen and oxygen atoms in total. The number of allylic oxidation sites excluding steroid dienone is 1. The van der Waals surface area contributed by atoms with Crippen LogP contribution in [-0.4, -0.2) is 0 Å². The average molecular weight is 258 g/mol. The van der Waals surface area contributed by atoms with Crippen LogP contribution in [0.1, 0.15) is 69.6 Å². The quantitative estimate of drug-likeness (QED) is 0.518. The standard InChI is InChI=1S/C19H30/c1-7-11-19(12-8-2,14-15(3)4)18-13-16(5)9-10-17(18)6/h9-10,13H,3,7-8,11-12,14H2,1-2,4-6H3. The zero-order valence-electron chi connectivity index (χ0n) is 13.5. The number of hydrogen-bond acceptors (Lipinski definition) is 0. The van der Waals surface area contributed by atoms with Gasteiger partial charge in [0, 0.05) is 0 Å². The van der Waals surface area contributed by atoms with Gasteiger partial charge < -0.3 is 0 Å². The molecule has 19 heavy (non-hydrogen) atoms. The number of aryl methyl sites for hydroxylation is 2. The fourth-order valence-corrected chi connectivity index (χ4v) is 3.51. The summed E-state index contributed by atoms with van der Waals surface area (Å²) in [5.74, 6) is 0. The van der Waals surface area contributed by atoms with Crippen molar-refractivity contribution < 1.29 is 0 Å². The van der Waals surface area contributed by atoms with Crippen molar-refractivity contribution in [1.82, 2.24) is 0 Å². The van der Waals surface area contributed by atoms with Crippen LogP contribution in [0.4, 0.5) is 0 Å². The summed E-state index contributed by atoms with van der Waals surface area (Å²) in [6.45, 7) is 15.4. The van der Waals surface area contributed by atoms with Gasteiger partial charge in [0.2, 0.25) is 0 Å². The number of benzene rings is 1. The highest BCUT2D eigenvalue weighted by molar-refractivity contribution is 5.38. The van der Waals surface area contributed by atoms with Crippen molar-refractivity contribution in [3.05, 3.63) is 47.0 Å². The molecule has 0 spiro atoms. The Labute approximate surface area is 119 Å². The summed E-state index contributed by atoms with van der Waals surface area (Å²) in [6.07, 6.45) is 6.12. The van der Waals surface area contributed by atoms with Gasteiger partial charge in [-0.05, 0) is 56.6 Å². The van der Waals surface area contributed by atoms with Gasteiger partial charge in [-0.15, -0.1) is 6.58 Å². The van der Waals surface area contributed by atoms with Crippen LogP contribution in [-0.2, 0) is 5.41 Å². The minimum Gasteiger partial charge on any atom is -0.100 e. The topological polar surface area (TPSA) is 0 Å². The van der Waals surface area contributed by atoms with E-state index in [-0.39, 0.29) is 0 Å². The molecular weight excluding hydrogens is 228 g/mol. The van der Waals surface area contributed by atoms with Gasteiger partial charge in [-0.3, -0.25) is 0 Å². The largest absolute Gasteiger partial charge is 0.100 e. The maximum Gasteiger partial charge on any atom is -0.000758 e. The molecule has 106 valence electrons. The minimum absolute atomic E-state index is 0.297. The molecule has 0 aliphatic heterocycles. The van der Waals surface area contributed by atoms with Crippen LogP contribution in [0.5, 0.6) is 0 Å². The van der Waals surface area contributed by atoms with Crippen LogP contribution in [0.25, 0.3) is 0 Å². The highest BCUT2D eigenvalue weighted by Gasteiger charge is 2.31. The molecule has 0 aromatic heterocycles. The highest BCUT2D eigenvalue weighted by atomic mass is 14.4. The Morgan fingerprint density at radius 2 is 1.68 bits per heavy atom. The van der Waals surface area contributed by atoms with Crippen molar-refractivity contribution in [2.75, 3.05) is 0 Å². The Morgan fingerprint density at radius 3 is 2.16 bits per heavy atom. The predicted molar refractivity (Wildman–Crippen MR) is 86.8 cm³/mol. The molecular formula is C19H30. The molecule has 0 aliphatic rings. The van der Waals surface area contributed by atoms with Crippen molar-refractivity contribution in [2.24, 2.45) is 0 Å². The first-order valence-electron chi connectivity index (χ1n) is 7.67. The lowest BCUT2D eigenvalue weighted by atomic mass is 9.68. The number of rotatable bonds is 7. The van der Waals surface area contributed by atoms with E-state index in [4.69, 9.17) is 0 Å². The summed E-state index contributed by atoms with van der Waals surface area (Å²) < 4.78 is 0. The van der Waals surface area contributed by atoms with Crippen molar-refractivity contribution in [3.8, 4) is 0 Å². The molecule has 0 fully saturated rings. The van der Waals surface area contributed by atoms with Gasteiger partial charge in [0.15, 0.2) is 0 Å². The molecule has 0 saturated heterocycles. The molecule has 0 heteroatoms. The molecule has 1 aromatic rings. The maximum absolute atomic E-state index is 4.18. The van der Waals surface area contributed by atoms with Gasteiger partial charge in [0.25, 0.3) is 0 Å². The molecule has 1 aromatic carbocycles. The van der Waals surface area contributed by atoms with Crippen molar-refractivity contribution in [1.29, 1.82) is 0 Å². The summed E-state index contributed by atoms with van der Waals surface area (Å²) >= 11 is 0. The molecule has 0 radical (unpaired) electrons. The second kappa shape index (κ2) is 6.93. The molecule has 1 rings (SSSR count). The van der Waals surface area contributed by atoms with Gasteiger partial charge in [-0.2, -0.15) is 0 Å². The summed E-state index contributed by atoms with van der Waals surface area (Å²) in [6, 6.07) is 6.91. The van der Waals surface area contributed by atoms with Crippen molar-refractivity contribution in [3.63, 3.8) is 0 Å². The Bertz CT molecular complexity index is 420. The molecule has 0 saturated carbocycles. The van der Waals surface area contributed by atoms with Gasteiger partial charge in [0.05, 0.1) is 0 Å². The van der Waals surface area contributed by atoms with E-state index in [0.29, 0.717) is 5.41 Å². The molecule has 0 atom stereocenters. The van der Waals surface area contributed by atoms with Crippen LogP contribution in [0.3, 0.4) is 0 Å². The summed E-state index contributed by atoms with van der Waals surface area (Å²) in [7, 11) is 0. The summed E-state index contributed by atoms with van der Waals surface area (Å²) in [4.78, 5) is 0. The van der Waals surface area contributed by atoms with Gasteiger partial charge in [-0.25, -0.2) is 0 Å². The smallest absolute Gasteiger partial charge is 0.000758 e. The lowest BCUT2D eigenvalue weighted by molar-refractivity contribution is 0.350. The second-order valence-electron chi connectivity index (χ2n) is 6.23. The first kappa shape index (κ1) is 16.0. The minimum atomic E-state index is 0.297. The van der Waals surface area contributed by atoms with Crippen LogP contribution < -0.4 is 0 Å².